The highest BCUT2D eigenvalue weighted by Gasteiger charge is 2.17. The van der Waals surface area contributed by atoms with Crippen LogP contribution in [0.4, 0.5) is 4.39 Å². The Hall–Kier alpha value is -1.68. The molecular formula is C13H14FNO2. The van der Waals surface area contributed by atoms with Crippen molar-refractivity contribution >= 4 is 16.8 Å². The first kappa shape index (κ1) is 11.8. The molecule has 0 amide bonds. The van der Waals surface area contributed by atoms with Crippen LogP contribution in [0.3, 0.4) is 0 Å². The Labute approximate surface area is 98.6 Å². The van der Waals surface area contributed by atoms with E-state index in [1.54, 1.807) is 19.1 Å². The van der Waals surface area contributed by atoms with E-state index in [4.69, 9.17) is 4.42 Å². The quantitative estimate of drug-likeness (QED) is 0.828. The molecule has 1 N–H and O–H groups in total. The molecule has 0 fully saturated rings. The summed E-state index contributed by atoms with van der Waals surface area (Å²) in [5, 5.41) is 3.62. The van der Waals surface area contributed by atoms with Crippen LogP contribution in [0.1, 0.15) is 24.2 Å². The van der Waals surface area contributed by atoms with Gasteiger partial charge in [0, 0.05) is 10.9 Å². The van der Waals surface area contributed by atoms with Crippen LogP contribution in [-0.2, 0) is 0 Å². The third kappa shape index (κ3) is 2.22. The zero-order chi connectivity index (χ0) is 12.4. The van der Waals surface area contributed by atoms with E-state index < -0.39 is 5.82 Å². The molecule has 2 rings (SSSR count). The summed E-state index contributed by atoms with van der Waals surface area (Å²) >= 11 is 0. The first-order chi connectivity index (χ1) is 8.13. The average Bonchev–Trinajstić information content (AvgIpc) is 2.77. The number of halogens is 1. The maximum Gasteiger partial charge on any atom is 0.179 e. The molecule has 0 saturated carbocycles. The van der Waals surface area contributed by atoms with Gasteiger partial charge in [-0.25, -0.2) is 4.39 Å². The topological polar surface area (TPSA) is 42.2 Å². The molecule has 0 aliphatic carbocycles. The van der Waals surface area contributed by atoms with Gasteiger partial charge in [0.25, 0.3) is 0 Å². The van der Waals surface area contributed by atoms with Gasteiger partial charge in [-0.15, -0.1) is 0 Å². The molecule has 1 aromatic carbocycles. The van der Waals surface area contributed by atoms with Crippen LogP contribution in [0.2, 0.25) is 0 Å². The Bertz CT molecular complexity index is 547. The fourth-order valence-corrected chi connectivity index (χ4v) is 1.83. The number of carbonyl (C=O) groups excluding carboxylic acids is 1. The third-order valence-corrected chi connectivity index (χ3v) is 2.69. The van der Waals surface area contributed by atoms with Gasteiger partial charge in [-0.3, -0.25) is 4.79 Å². The van der Waals surface area contributed by atoms with Crippen molar-refractivity contribution in [2.75, 3.05) is 6.54 Å². The second-order valence-electron chi connectivity index (χ2n) is 3.94. The van der Waals surface area contributed by atoms with Crippen molar-refractivity contribution < 1.29 is 13.6 Å². The number of nitrogens with one attached hydrogen (secondary N) is 1. The number of likely N-dealkylation sites (N-methyl/N-ethyl adjacent to an activating group) is 1. The third-order valence-electron chi connectivity index (χ3n) is 2.69. The molecular weight excluding hydrogens is 221 g/mol. The number of fused-ring (bicyclic) bond motifs is 1. The summed E-state index contributed by atoms with van der Waals surface area (Å²) in [6.45, 7) is 4.39. The van der Waals surface area contributed by atoms with Gasteiger partial charge < -0.3 is 9.73 Å². The number of Topliss-reactive ketones (excluding diaryl/α,β-unsaturated/α-hetero) is 1. The second kappa shape index (κ2) is 4.67. The first-order valence-electron chi connectivity index (χ1n) is 5.58. The largest absolute Gasteiger partial charge is 0.461 e. The van der Waals surface area contributed by atoms with Crippen LogP contribution < -0.4 is 5.32 Å². The van der Waals surface area contributed by atoms with Gasteiger partial charge >= 0.3 is 0 Å². The molecule has 1 aromatic heterocycles. The maximum atomic E-state index is 13.6. The normalized spacial score (nSPS) is 12.9. The van der Waals surface area contributed by atoms with Gasteiger partial charge in [0.05, 0.1) is 12.3 Å². The van der Waals surface area contributed by atoms with E-state index >= 15 is 0 Å². The zero-order valence-electron chi connectivity index (χ0n) is 9.79. The molecule has 3 nitrogen and oxygen atoms in total. The Morgan fingerprint density at radius 2 is 2.29 bits per heavy atom. The monoisotopic (exact) mass is 235 g/mol. The molecule has 17 heavy (non-hydrogen) atoms. The molecule has 0 aliphatic heterocycles. The van der Waals surface area contributed by atoms with Crippen molar-refractivity contribution in [1.29, 1.82) is 0 Å². The molecule has 90 valence electrons. The van der Waals surface area contributed by atoms with E-state index in [-0.39, 0.29) is 17.4 Å². The van der Waals surface area contributed by atoms with E-state index in [2.05, 4.69) is 5.32 Å². The van der Waals surface area contributed by atoms with Gasteiger partial charge in [0.1, 0.15) is 0 Å². The van der Waals surface area contributed by atoms with Gasteiger partial charge in [-0.1, -0.05) is 6.92 Å². The van der Waals surface area contributed by atoms with Crippen LogP contribution in [0.15, 0.2) is 28.9 Å². The van der Waals surface area contributed by atoms with E-state index in [1.165, 1.54) is 12.3 Å². The standard InChI is InChI=1S/C13H14FNO2/c1-3-15-8(2)12(16)10-6-9-4-5-17-13(9)11(14)7-10/h4-8,15H,3H2,1-2H3/t8-/m1/s1. The second-order valence-corrected chi connectivity index (χ2v) is 3.94. The molecule has 4 heteroatoms. The van der Waals surface area contributed by atoms with Crippen LogP contribution in [0, 0.1) is 5.82 Å². The predicted octanol–water partition coefficient (Wildman–Crippen LogP) is 2.75. The minimum atomic E-state index is -0.500. The number of ketones is 1. The fourth-order valence-electron chi connectivity index (χ4n) is 1.83. The molecule has 0 unspecified atom stereocenters. The smallest absolute Gasteiger partial charge is 0.179 e. The number of benzene rings is 1. The minimum Gasteiger partial charge on any atom is -0.461 e. The van der Waals surface area contributed by atoms with E-state index in [1.807, 2.05) is 6.92 Å². The number of rotatable bonds is 4. The molecule has 1 heterocycles. The fraction of sp³-hybridized carbons (Fsp3) is 0.308. The lowest BCUT2D eigenvalue weighted by molar-refractivity contribution is 0.0951. The van der Waals surface area contributed by atoms with Crippen LogP contribution in [0.5, 0.6) is 0 Å². The highest BCUT2D eigenvalue weighted by Crippen LogP contribution is 2.21. The average molecular weight is 235 g/mol. The molecule has 0 bridgehead atoms. The van der Waals surface area contributed by atoms with Crippen LogP contribution >= 0.6 is 0 Å². The summed E-state index contributed by atoms with van der Waals surface area (Å²) < 4.78 is 18.6. The summed E-state index contributed by atoms with van der Waals surface area (Å²) in [5.74, 6) is -0.617. The van der Waals surface area contributed by atoms with Gasteiger partial charge in [0.2, 0.25) is 0 Å². The lowest BCUT2D eigenvalue weighted by Gasteiger charge is -2.11. The van der Waals surface area contributed by atoms with Crippen molar-refractivity contribution in [2.24, 2.45) is 0 Å². The molecule has 0 saturated heterocycles. The summed E-state index contributed by atoms with van der Waals surface area (Å²) in [6.07, 6.45) is 1.41. The molecule has 0 aliphatic rings. The zero-order valence-corrected chi connectivity index (χ0v) is 9.79. The highest BCUT2D eigenvalue weighted by molar-refractivity contribution is 6.02. The van der Waals surface area contributed by atoms with Crippen molar-refractivity contribution in [3.05, 3.63) is 35.8 Å². The Morgan fingerprint density at radius 3 is 3.00 bits per heavy atom. The summed E-state index contributed by atoms with van der Waals surface area (Å²) in [7, 11) is 0. The summed E-state index contributed by atoms with van der Waals surface area (Å²) in [6, 6.07) is 4.21. The van der Waals surface area contributed by atoms with Crippen molar-refractivity contribution in [3.8, 4) is 0 Å². The molecule has 1 atom stereocenters. The first-order valence-corrected chi connectivity index (χ1v) is 5.58. The van der Waals surface area contributed by atoms with Crippen molar-refractivity contribution in [3.63, 3.8) is 0 Å². The van der Waals surface area contributed by atoms with Gasteiger partial charge in [-0.05, 0) is 31.7 Å². The lowest BCUT2D eigenvalue weighted by Crippen LogP contribution is -2.33. The van der Waals surface area contributed by atoms with Crippen LogP contribution in [-0.4, -0.2) is 18.4 Å². The predicted molar refractivity (Wildman–Crippen MR) is 63.6 cm³/mol. The number of hydrogen-bond acceptors (Lipinski definition) is 3. The highest BCUT2D eigenvalue weighted by atomic mass is 19.1. The minimum absolute atomic E-state index is 0.117. The number of carbonyl (C=O) groups is 1. The Kier molecular flexibility index (Phi) is 3.24. The Balaban J connectivity index is 2.38. The lowest BCUT2D eigenvalue weighted by atomic mass is 10.0. The van der Waals surface area contributed by atoms with Gasteiger partial charge in [0.15, 0.2) is 17.2 Å². The van der Waals surface area contributed by atoms with Crippen molar-refractivity contribution in [1.82, 2.24) is 5.32 Å². The summed E-state index contributed by atoms with van der Waals surface area (Å²) in [5.41, 5.74) is 0.558. The number of furan rings is 1. The maximum absolute atomic E-state index is 13.6. The number of hydrogen-bond donors (Lipinski definition) is 1. The van der Waals surface area contributed by atoms with Gasteiger partial charge in [-0.2, -0.15) is 0 Å². The van der Waals surface area contributed by atoms with Crippen molar-refractivity contribution in [2.45, 2.75) is 19.9 Å². The Morgan fingerprint density at radius 1 is 1.53 bits per heavy atom. The van der Waals surface area contributed by atoms with E-state index in [0.29, 0.717) is 17.5 Å². The molecule has 2 aromatic rings. The van der Waals surface area contributed by atoms with Crippen LogP contribution in [0.25, 0.3) is 11.0 Å². The molecule has 0 spiro atoms. The van der Waals surface area contributed by atoms with E-state index in [9.17, 15) is 9.18 Å². The van der Waals surface area contributed by atoms with E-state index in [0.717, 1.165) is 0 Å². The molecule has 0 radical (unpaired) electrons. The summed E-state index contributed by atoms with van der Waals surface area (Å²) in [4.78, 5) is 12.0. The SMILES string of the molecule is CCN[C@H](C)C(=O)c1cc(F)c2occc2c1.